The van der Waals surface area contributed by atoms with Crippen LogP contribution in [0.4, 0.5) is 0 Å². The van der Waals surface area contributed by atoms with Gasteiger partial charge in [0.15, 0.2) is 5.17 Å². The van der Waals surface area contributed by atoms with E-state index in [-0.39, 0.29) is 0 Å². The fraction of sp³-hybridized carbons (Fsp3) is 0.312. The van der Waals surface area contributed by atoms with Gasteiger partial charge >= 0.3 is 0 Å². The van der Waals surface area contributed by atoms with Crippen LogP contribution < -0.4 is 0 Å². The Morgan fingerprint density at radius 2 is 2.24 bits per heavy atom. The van der Waals surface area contributed by atoms with Gasteiger partial charge in [-0.1, -0.05) is 23.9 Å². The second kappa shape index (κ2) is 4.87. The van der Waals surface area contributed by atoms with Gasteiger partial charge in [-0.05, 0) is 36.2 Å². The Labute approximate surface area is 132 Å². The average molecular weight is 316 g/mol. The number of rotatable bonds is 2. The van der Waals surface area contributed by atoms with Crippen molar-refractivity contribution in [2.75, 3.05) is 13.1 Å². The number of thiophene rings is 1. The predicted molar refractivity (Wildman–Crippen MR) is 91.8 cm³/mol. The van der Waals surface area contributed by atoms with Gasteiger partial charge in [-0.15, -0.1) is 11.3 Å². The average Bonchev–Trinajstić information content (AvgIpc) is 3.12. The Morgan fingerprint density at radius 1 is 1.38 bits per heavy atom. The summed E-state index contributed by atoms with van der Waals surface area (Å²) in [5, 5.41) is 14.7. The van der Waals surface area contributed by atoms with Gasteiger partial charge in [0.2, 0.25) is 0 Å². The zero-order valence-corrected chi connectivity index (χ0v) is 13.6. The van der Waals surface area contributed by atoms with E-state index in [0.717, 1.165) is 28.9 Å². The second-order valence-electron chi connectivity index (χ2n) is 5.44. The van der Waals surface area contributed by atoms with Crippen LogP contribution in [-0.2, 0) is 0 Å². The summed E-state index contributed by atoms with van der Waals surface area (Å²) >= 11 is 3.39. The van der Waals surface area contributed by atoms with Crippen molar-refractivity contribution in [3.8, 4) is 0 Å². The van der Waals surface area contributed by atoms with Crippen LogP contribution in [0.15, 0.2) is 33.5 Å². The molecule has 4 rings (SSSR count). The number of aliphatic imine (C=N–C) groups is 1. The van der Waals surface area contributed by atoms with Crippen molar-refractivity contribution in [2.45, 2.75) is 20.0 Å². The normalized spacial score (nSPS) is 19.4. The third-order valence-corrected chi connectivity index (χ3v) is 6.28. The van der Waals surface area contributed by atoms with Crippen molar-refractivity contribution < 1.29 is 5.11 Å². The molecule has 2 aliphatic rings. The number of nitrogens with zero attached hydrogens (tertiary/aromatic N) is 2. The lowest BCUT2D eigenvalue weighted by Crippen LogP contribution is -2.20. The van der Waals surface area contributed by atoms with Gasteiger partial charge in [0.05, 0.1) is 18.3 Å². The van der Waals surface area contributed by atoms with Crippen molar-refractivity contribution in [3.63, 3.8) is 0 Å². The van der Waals surface area contributed by atoms with Crippen LogP contribution in [0.3, 0.4) is 0 Å². The number of aryl methyl sites for hydroxylation is 1. The highest BCUT2D eigenvalue weighted by molar-refractivity contribution is 8.17. The number of hydrogen-bond donors (Lipinski definition) is 1. The Balaban J connectivity index is 1.88. The monoisotopic (exact) mass is 316 g/mol. The molecule has 1 unspecified atom stereocenters. The number of amidine groups is 1. The highest BCUT2D eigenvalue weighted by Gasteiger charge is 2.34. The van der Waals surface area contributed by atoms with E-state index in [1.54, 1.807) is 23.1 Å². The number of benzene rings is 1. The molecule has 1 aromatic carbocycles. The minimum atomic E-state index is -0.459. The fourth-order valence-corrected chi connectivity index (χ4v) is 5.01. The summed E-state index contributed by atoms with van der Waals surface area (Å²) in [6.45, 7) is 5.74. The molecule has 1 N–H and O–H groups in total. The van der Waals surface area contributed by atoms with Crippen LogP contribution in [-0.4, -0.2) is 34.4 Å². The Kier molecular flexibility index (Phi) is 3.10. The third kappa shape index (κ3) is 2.03. The minimum Gasteiger partial charge on any atom is -0.388 e. The summed E-state index contributed by atoms with van der Waals surface area (Å²) in [5.41, 5.74) is 3.65. The summed E-state index contributed by atoms with van der Waals surface area (Å²) in [5.74, 6) is 0. The van der Waals surface area contributed by atoms with Crippen molar-refractivity contribution in [1.29, 1.82) is 0 Å². The van der Waals surface area contributed by atoms with E-state index < -0.39 is 6.10 Å². The summed E-state index contributed by atoms with van der Waals surface area (Å²) in [4.78, 5) is 7.79. The summed E-state index contributed by atoms with van der Waals surface area (Å²) in [6.07, 6.45) is -0.459. The third-order valence-electron chi connectivity index (χ3n) is 3.93. The molecule has 2 aliphatic heterocycles. The number of aliphatic hydroxyl groups is 1. The molecule has 3 nitrogen and oxygen atoms in total. The molecular weight excluding hydrogens is 300 g/mol. The molecule has 1 atom stereocenters. The molecule has 3 heterocycles. The first kappa shape index (κ1) is 13.4. The van der Waals surface area contributed by atoms with Gasteiger partial charge in [0.25, 0.3) is 0 Å². The van der Waals surface area contributed by atoms with E-state index in [2.05, 4.69) is 40.4 Å². The lowest BCUT2D eigenvalue weighted by Gasteiger charge is -2.18. The molecule has 0 saturated carbocycles. The molecule has 108 valence electrons. The SMILES string of the molecule is Cc1csc2cc(C3=C(C(C)O)SC4=NCCN43)ccc12. The molecule has 0 amide bonds. The van der Waals surface area contributed by atoms with E-state index in [0.29, 0.717) is 0 Å². The van der Waals surface area contributed by atoms with Crippen LogP contribution >= 0.6 is 23.1 Å². The van der Waals surface area contributed by atoms with E-state index in [1.165, 1.54) is 21.2 Å². The molecule has 0 bridgehead atoms. The molecule has 21 heavy (non-hydrogen) atoms. The van der Waals surface area contributed by atoms with Gasteiger partial charge in [-0.25, -0.2) is 0 Å². The van der Waals surface area contributed by atoms with Crippen LogP contribution in [0.2, 0.25) is 0 Å². The van der Waals surface area contributed by atoms with E-state index >= 15 is 0 Å². The van der Waals surface area contributed by atoms with Crippen LogP contribution in [0.5, 0.6) is 0 Å². The molecule has 0 spiro atoms. The summed E-state index contributed by atoms with van der Waals surface area (Å²) in [7, 11) is 0. The highest BCUT2D eigenvalue weighted by Crippen LogP contribution is 2.44. The van der Waals surface area contributed by atoms with Gasteiger partial charge in [0, 0.05) is 21.7 Å². The Hall–Kier alpha value is -1.30. The van der Waals surface area contributed by atoms with Crippen molar-refractivity contribution in [3.05, 3.63) is 39.6 Å². The molecule has 5 heteroatoms. The molecular formula is C16H16N2OS2. The number of hydrogen-bond acceptors (Lipinski definition) is 5. The topological polar surface area (TPSA) is 35.8 Å². The lowest BCUT2D eigenvalue weighted by molar-refractivity contribution is 0.240. The smallest absolute Gasteiger partial charge is 0.168 e. The number of thioether (sulfide) groups is 1. The maximum atomic E-state index is 10.1. The molecule has 0 radical (unpaired) electrons. The quantitative estimate of drug-likeness (QED) is 0.918. The maximum Gasteiger partial charge on any atom is 0.168 e. The van der Waals surface area contributed by atoms with Gasteiger partial charge in [0.1, 0.15) is 0 Å². The van der Waals surface area contributed by atoms with E-state index in [4.69, 9.17) is 0 Å². The first-order valence-corrected chi connectivity index (χ1v) is 8.75. The zero-order chi connectivity index (χ0) is 14.6. The van der Waals surface area contributed by atoms with Gasteiger partial charge in [-0.3, -0.25) is 4.99 Å². The molecule has 0 aliphatic carbocycles. The predicted octanol–water partition coefficient (Wildman–Crippen LogP) is 3.68. The lowest BCUT2D eigenvalue weighted by atomic mass is 10.1. The molecule has 1 aromatic heterocycles. The van der Waals surface area contributed by atoms with Gasteiger partial charge in [-0.2, -0.15) is 0 Å². The second-order valence-corrected chi connectivity index (χ2v) is 7.36. The van der Waals surface area contributed by atoms with Crippen molar-refractivity contribution in [1.82, 2.24) is 4.90 Å². The van der Waals surface area contributed by atoms with Crippen molar-refractivity contribution >= 4 is 44.0 Å². The largest absolute Gasteiger partial charge is 0.388 e. The van der Waals surface area contributed by atoms with Gasteiger partial charge < -0.3 is 10.0 Å². The minimum absolute atomic E-state index is 0.459. The zero-order valence-electron chi connectivity index (χ0n) is 12.0. The van der Waals surface area contributed by atoms with E-state index in [9.17, 15) is 5.11 Å². The molecule has 2 aromatic rings. The first-order chi connectivity index (χ1) is 10.1. The van der Waals surface area contributed by atoms with Crippen LogP contribution in [0.25, 0.3) is 15.8 Å². The fourth-order valence-electron chi connectivity index (χ4n) is 2.89. The van der Waals surface area contributed by atoms with Crippen LogP contribution in [0, 0.1) is 6.92 Å². The van der Waals surface area contributed by atoms with Crippen molar-refractivity contribution in [2.24, 2.45) is 4.99 Å². The Morgan fingerprint density at radius 3 is 3.05 bits per heavy atom. The first-order valence-electron chi connectivity index (χ1n) is 7.05. The highest BCUT2D eigenvalue weighted by atomic mass is 32.2. The Bertz CT molecular complexity index is 789. The standard InChI is InChI=1S/C16H16N2OS2/c1-9-8-20-13-7-11(3-4-12(9)13)14-15(10(2)19)21-16-17-5-6-18(14)16/h3-4,7-8,10,19H,5-6H2,1-2H3. The number of fused-ring (bicyclic) bond motifs is 2. The summed E-state index contributed by atoms with van der Waals surface area (Å²) < 4.78 is 1.30. The summed E-state index contributed by atoms with van der Waals surface area (Å²) in [6, 6.07) is 6.60. The van der Waals surface area contributed by atoms with Crippen LogP contribution in [0.1, 0.15) is 18.1 Å². The van der Waals surface area contributed by atoms with E-state index in [1.807, 2.05) is 6.92 Å². The molecule has 0 saturated heterocycles. The molecule has 0 fully saturated rings. The number of aliphatic hydroxyl groups excluding tert-OH is 1. The maximum absolute atomic E-state index is 10.1.